The van der Waals surface area contributed by atoms with Crippen LogP contribution in [0, 0.1) is 11.3 Å². The molecular weight excluding hydrogens is 304 g/mol. The molecule has 4 aromatic rings. The lowest BCUT2D eigenvalue weighted by molar-refractivity contribution is 0.504. The van der Waals surface area contributed by atoms with E-state index in [1.807, 2.05) is 36.4 Å². The summed E-state index contributed by atoms with van der Waals surface area (Å²) in [6.45, 7) is 0. The maximum Gasteiger partial charge on any atom is 0.247 e. The SMILES string of the molecule is N#Cc1cccc(CCc2nnc(-c3ccc4[nH]nnc4c3)o2)c1. The zero-order valence-corrected chi connectivity index (χ0v) is 12.6. The quantitative estimate of drug-likeness (QED) is 0.620. The van der Waals surface area contributed by atoms with Crippen LogP contribution in [0.1, 0.15) is 17.0 Å². The molecule has 7 nitrogen and oxygen atoms in total. The second-order valence-electron chi connectivity index (χ2n) is 5.36. The number of nitrogens with zero attached hydrogens (tertiary/aromatic N) is 5. The third kappa shape index (κ3) is 2.73. The van der Waals surface area contributed by atoms with Gasteiger partial charge in [-0.25, -0.2) is 0 Å². The van der Waals surface area contributed by atoms with E-state index in [9.17, 15) is 0 Å². The lowest BCUT2D eigenvalue weighted by Gasteiger charge is -1.99. The molecule has 0 aliphatic heterocycles. The summed E-state index contributed by atoms with van der Waals surface area (Å²) in [5.41, 5.74) is 4.13. The van der Waals surface area contributed by atoms with Crippen LogP contribution in [0.5, 0.6) is 0 Å². The zero-order valence-electron chi connectivity index (χ0n) is 12.6. The van der Waals surface area contributed by atoms with Crippen LogP contribution in [-0.4, -0.2) is 25.6 Å². The summed E-state index contributed by atoms with van der Waals surface area (Å²) in [5.74, 6) is 1.02. The monoisotopic (exact) mass is 316 g/mol. The van der Waals surface area contributed by atoms with Gasteiger partial charge < -0.3 is 4.42 Å². The van der Waals surface area contributed by atoms with E-state index in [0.29, 0.717) is 23.8 Å². The molecular formula is C17H12N6O. The summed E-state index contributed by atoms with van der Waals surface area (Å²) < 4.78 is 5.73. The van der Waals surface area contributed by atoms with Gasteiger partial charge in [0.2, 0.25) is 11.8 Å². The second-order valence-corrected chi connectivity index (χ2v) is 5.36. The van der Waals surface area contributed by atoms with E-state index in [-0.39, 0.29) is 0 Å². The fourth-order valence-electron chi connectivity index (χ4n) is 2.49. The molecule has 2 heterocycles. The molecule has 0 unspecified atom stereocenters. The number of rotatable bonds is 4. The first-order valence-corrected chi connectivity index (χ1v) is 7.44. The maximum atomic E-state index is 8.93. The predicted octanol–water partition coefficient (Wildman–Crippen LogP) is 2.66. The lowest BCUT2D eigenvalue weighted by Crippen LogP contribution is -1.92. The van der Waals surface area contributed by atoms with E-state index in [2.05, 4.69) is 31.7 Å². The fraction of sp³-hybridized carbons (Fsp3) is 0.118. The largest absolute Gasteiger partial charge is 0.421 e. The topological polar surface area (TPSA) is 104 Å². The molecule has 0 saturated carbocycles. The molecule has 0 aliphatic rings. The Bertz CT molecular complexity index is 1040. The van der Waals surface area contributed by atoms with E-state index >= 15 is 0 Å². The van der Waals surface area contributed by atoms with Crippen LogP contribution < -0.4 is 0 Å². The molecule has 7 heteroatoms. The normalized spacial score (nSPS) is 10.8. The van der Waals surface area contributed by atoms with Crippen LogP contribution in [0.3, 0.4) is 0 Å². The summed E-state index contributed by atoms with van der Waals surface area (Å²) in [5, 5.41) is 27.7. The first-order chi connectivity index (χ1) is 11.8. The Morgan fingerprint density at radius 3 is 2.92 bits per heavy atom. The summed E-state index contributed by atoms with van der Waals surface area (Å²) in [6, 6.07) is 15.3. The number of aromatic nitrogens is 5. The molecule has 1 N–H and O–H groups in total. The van der Waals surface area contributed by atoms with Gasteiger partial charge in [0.05, 0.1) is 17.1 Å². The number of nitrogens with one attached hydrogen (secondary N) is 1. The molecule has 0 spiro atoms. The highest BCUT2D eigenvalue weighted by Gasteiger charge is 2.10. The Hall–Kier alpha value is -3.53. The van der Waals surface area contributed by atoms with Gasteiger partial charge in [-0.1, -0.05) is 17.3 Å². The number of hydrogen-bond donors (Lipinski definition) is 1. The molecule has 2 aromatic heterocycles. The zero-order chi connectivity index (χ0) is 16.4. The Morgan fingerprint density at radius 1 is 1.04 bits per heavy atom. The van der Waals surface area contributed by atoms with Crippen LogP contribution in [0.15, 0.2) is 46.9 Å². The number of aromatic amines is 1. The van der Waals surface area contributed by atoms with Gasteiger partial charge in [-0.3, -0.25) is 5.10 Å². The van der Waals surface area contributed by atoms with Gasteiger partial charge in [-0.05, 0) is 42.3 Å². The minimum atomic E-state index is 0.459. The van der Waals surface area contributed by atoms with E-state index in [0.717, 1.165) is 28.6 Å². The van der Waals surface area contributed by atoms with Crippen molar-refractivity contribution >= 4 is 11.0 Å². The maximum absolute atomic E-state index is 8.93. The molecule has 24 heavy (non-hydrogen) atoms. The average Bonchev–Trinajstić information content (AvgIpc) is 3.28. The molecule has 116 valence electrons. The Kier molecular flexibility index (Phi) is 3.48. The van der Waals surface area contributed by atoms with E-state index in [4.69, 9.17) is 9.68 Å². The molecule has 2 aromatic carbocycles. The van der Waals surface area contributed by atoms with E-state index in [1.165, 1.54) is 0 Å². The first kappa shape index (κ1) is 14.1. The van der Waals surface area contributed by atoms with Crippen LogP contribution in [0.25, 0.3) is 22.5 Å². The highest BCUT2D eigenvalue weighted by atomic mass is 16.4. The van der Waals surface area contributed by atoms with Gasteiger partial charge in [0.1, 0.15) is 5.52 Å². The number of hydrogen-bond acceptors (Lipinski definition) is 6. The number of fused-ring (bicyclic) bond motifs is 1. The number of benzene rings is 2. The third-order valence-electron chi connectivity index (χ3n) is 3.72. The van der Waals surface area contributed by atoms with Crippen molar-refractivity contribution in [2.45, 2.75) is 12.8 Å². The highest BCUT2D eigenvalue weighted by Crippen LogP contribution is 2.21. The summed E-state index contributed by atoms with van der Waals surface area (Å²) in [6.07, 6.45) is 1.35. The summed E-state index contributed by atoms with van der Waals surface area (Å²) in [4.78, 5) is 0. The Labute approximate surface area is 137 Å². The van der Waals surface area contributed by atoms with Crippen LogP contribution >= 0.6 is 0 Å². The van der Waals surface area contributed by atoms with Gasteiger partial charge in [-0.15, -0.1) is 15.3 Å². The average molecular weight is 316 g/mol. The minimum Gasteiger partial charge on any atom is -0.421 e. The van der Waals surface area contributed by atoms with Crippen molar-refractivity contribution in [3.63, 3.8) is 0 Å². The van der Waals surface area contributed by atoms with Gasteiger partial charge in [0, 0.05) is 12.0 Å². The van der Waals surface area contributed by atoms with Gasteiger partial charge in [-0.2, -0.15) is 5.26 Å². The van der Waals surface area contributed by atoms with Crippen molar-refractivity contribution in [1.29, 1.82) is 5.26 Å². The fourth-order valence-corrected chi connectivity index (χ4v) is 2.49. The Balaban J connectivity index is 1.51. The van der Waals surface area contributed by atoms with Crippen LogP contribution in [0.2, 0.25) is 0 Å². The Morgan fingerprint density at radius 2 is 2.00 bits per heavy atom. The molecule has 0 amide bonds. The summed E-state index contributed by atoms with van der Waals surface area (Å²) >= 11 is 0. The minimum absolute atomic E-state index is 0.459. The van der Waals surface area contributed by atoms with Crippen molar-refractivity contribution < 1.29 is 4.42 Å². The van der Waals surface area contributed by atoms with Crippen molar-refractivity contribution in [2.75, 3.05) is 0 Å². The molecule has 4 rings (SSSR count). The first-order valence-electron chi connectivity index (χ1n) is 7.44. The van der Waals surface area contributed by atoms with E-state index in [1.54, 1.807) is 6.07 Å². The number of nitriles is 1. The van der Waals surface area contributed by atoms with Crippen LogP contribution in [0.4, 0.5) is 0 Å². The van der Waals surface area contributed by atoms with Gasteiger partial charge in [0.25, 0.3) is 0 Å². The molecule has 0 radical (unpaired) electrons. The predicted molar refractivity (Wildman–Crippen MR) is 85.7 cm³/mol. The van der Waals surface area contributed by atoms with Crippen molar-refractivity contribution in [3.05, 3.63) is 59.5 Å². The molecule has 0 fully saturated rings. The van der Waals surface area contributed by atoms with Crippen molar-refractivity contribution in [1.82, 2.24) is 25.6 Å². The van der Waals surface area contributed by atoms with E-state index < -0.39 is 0 Å². The van der Waals surface area contributed by atoms with Crippen molar-refractivity contribution in [3.8, 4) is 17.5 Å². The number of H-pyrrole nitrogens is 1. The van der Waals surface area contributed by atoms with Gasteiger partial charge in [0.15, 0.2) is 0 Å². The molecule has 0 atom stereocenters. The third-order valence-corrected chi connectivity index (χ3v) is 3.72. The second kappa shape index (κ2) is 5.93. The van der Waals surface area contributed by atoms with Crippen molar-refractivity contribution in [2.24, 2.45) is 0 Å². The van der Waals surface area contributed by atoms with Gasteiger partial charge >= 0.3 is 0 Å². The molecule has 0 aliphatic carbocycles. The lowest BCUT2D eigenvalue weighted by atomic mass is 10.1. The standard InChI is InChI=1S/C17H12N6O/c18-10-12-3-1-2-11(8-12)4-7-16-21-22-17(24-16)13-5-6-14-15(9-13)20-23-19-14/h1-3,5-6,8-9H,4,7H2,(H,19,20,23). The molecule has 0 bridgehead atoms. The van der Waals surface area contributed by atoms with Crippen LogP contribution in [-0.2, 0) is 12.8 Å². The highest BCUT2D eigenvalue weighted by molar-refractivity contribution is 5.78. The summed E-state index contributed by atoms with van der Waals surface area (Å²) in [7, 11) is 0. The molecule has 0 saturated heterocycles. The number of aryl methyl sites for hydroxylation is 2. The smallest absolute Gasteiger partial charge is 0.247 e.